The molecule has 150 valence electrons. The first kappa shape index (κ1) is 21.6. The zero-order chi connectivity index (χ0) is 19.5. The van der Waals surface area contributed by atoms with E-state index < -0.39 is 6.04 Å². The van der Waals surface area contributed by atoms with Crippen molar-refractivity contribution < 1.29 is 14.3 Å². The molecule has 0 spiro atoms. The molecule has 1 aromatic carbocycles. The highest BCUT2D eigenvalue weighted by molar-refractivity contribution is 7.98. The Morgan fingerprint density at radius 1 is 1.33 bits per heavy atom. The maximum absolute atomic E-state index is 13.0. The number of benzene rings is 1. The number of amides is 2. The van der Waals surface area contributed by atoms with Crippen molar-refractivity contribution in [2.45, 2.75) is 25.3 Å². The van der Waals surface area contributed by atoms with E-state index in [9.17, 15) is 9.59 Å². The van der Waals surface area contributed by atoms with Crippen molar-refractivity contribution in [3.05, 3.63) is 30.3 Å². The summed E-state index contributed by atoms with van der Waals surface area (Å²) in [5.41, 5.74) is 0. The van der Waals surface area contributed by atoms with Gasteiger partial charge in [0.25, 0.3) is 5.91 Å². The molecule has 0 aromatic heterocycles. The van der Waals surface area contributed by atoms with Crippen LogP contribution in [0.15, 0.2) is 30.3 Å². The number of para-hydroxylation sites is 1. The van der Waals surface area contributed by atoms with Crippen LogP contribution in [0.4, 0.5) is 0 Å². The summed E-state index contributed by atoms with van der Waals surface area (Å²) >= 11 is 1.68. The summed E-state index contributed by atoms with van der Waals surface area (Å²) in [6.07, 6.45) is 4.78. The topological polar surface area (TPSA) is 70.7 Å². The molecule has 2 unspecified atom stereocenters. The minimum atomic E-state index is -0.488. The van der Waals surface area contributed by atoms with Gasteiger partial charge in [0, 0.05) is 13.1 Å². The third-order valence-corrected chi connectivity index (χ3v) is 5.32. The molecule has 27 heavy (non-hydrogen) atoms. The number of nitrogens with zero attached hydrogens (tertiary/aromatic N) is 1. The summed E-state index contributed by atoms with van der Waals surface area (Å²) in [6.45, 7) is 2.35. The highest BCUT2D eigenvalue weighted by atomic mass is 32.2. The van der Waals surface area contributed by atoms with Crippen molar-refractivity contribution in [2.24, 2.45) is 5.92 Å². The first-order valence-corrected chi connectivity index (χ1v) is 10.9. The SMILES string of the molecule is CNCC1CCCN(C(=O)C(CCSC)NC(=O)COc2ccccc2)C1. The van der Waals surface area contributed by atoms with Gasteiger partial charge in [-0.15, -0.1) is 0 Å². The normalized spacial score (nSPS) is 18.0. The number of thioether (sulfide) groups is 1. The van der Waals surface area contributed by atoms with E-state index in [0.29, 0.717) is 18.1 Å². The van der Waals surface area contributed by atoms with Gasteiger partial charge in [0.05, 0.1) is 0 Å². The van der Waals surface area contributed by atoms with Crippen LogP contribution in [-0.4, -0.2) is 68.1 Å². The first-order chi connectivity index (χ1) is 13.1. The fraction of sp³-hybridized carbons (Fsp3) is 0.600. The average Bonchev–Trinajstić information content (AvgIpc) is 2.70. The fourth-order valence-electron chi connectivity index (χ4n) is 3.34. The fourth-order valence-corrected chi connectivity index (χ4v) is 3.81. The molecule has 0 aliphatic carbocycles. The molecule has 6 nitrogen and oxygen atoms in total. The van der Waals surface area contributed by atoms with Gasteiger partial charge in [-0.05, 0) is 62.9 Å². The number of likely N-dealkylation sites (tertiary alicyclic amines) is 1. The predicted octanol–water partition coefficient (Wildman–Crippen LogP) is 1.76. The molecule has 2 rings (SSSR count). The number of hydrogen-bond donors (Lipinski definition) is 2. The summed E-state index contributed by atoms with van der Waals surface area (Å²) in [5.74, 6) is 1.71. The summed E-state index contributed by atoms with van der Waals surface area (Å²) in [7, 11) is 1.94. The number of ether oxygens (including phenoxy) is 1. The Kier molecular flexibility index (Phi) is 9.48. The van der Waals surface area contributed by atoms with Crippen molar-refractivity contribution in [1.29, 1.82) is 0 Å². The average molecular weight is 394 g/mol. The van der Waals surface area contributed by atoms with Gasteiger partial charge in [0.2, 0.25) is 5.91 Å². The van der Waals surface area contributed by atoms with Crippen molar-refractivity contribution in [3.8, 4) is 5.75 Å². The van der Waals surface area contributed by atoms with E-state index in [1.807, 2.05) is 36.4 Å². The smallest absolute Gasteiger partial charge is 0.258 e. The number of carbonyl (C=O) groups is 2. The largest absolute Gasteiger partial charge is 0.484 e. The summed E-state index contributed by atoms with van der Waals surface area (Å²) in [5, 5.41) is 6.08. The van der Waals surface area contributed by atoms with Crippen molar-refractivity contribution >= 4 is 23.6 Å². The van der Waals surface area contributed by atoms with Gasteiger partial charge in [-0.2, -0.15) is 11.8 Å². The number of piperidine rings is 1. The van der Waals surface area contributed by atoms with Gasteiger partial charge < -0.3 is 20.3 Å². The Hall–Kier alpha value is -1.73. The second kappa shape index (κ2) is 11.9. The molecule has 2 amide bonds. The van der Waals surface area contributed by atoms with Crippen LogP contribution in [0.1, 0.15) is 19.3 Å². The van der Waals surface area contributed by atoms with Gasteiger partial charge in [0.1, 0.15) is 11.8 Å². The van der Waals surface area contributed by atoms with Gasteiger partial charge >= 0.3 is 0 Å². The minimum Gasteiger partial charge on any atom is -0.484 e. The monoisotopic (exact) mass is 393 g/mol. The molecule has 2 atom stereocenters. The van der Waals surface area contributed by atoms with E-state index in [-0.39, 0.29) is 18.4 Å². The van der Waals surface area contributed by atoms with Gasteiger partial charge in [-0.3, -0.25) is 9.59 Å². The van der Waals surface area contributed by atoms with Gasteiger partial charge in [0.15, 0.2) is 6.61 Å². The second-order valence-electron chi connectivity index (χ2n) is 6.85. The van der Waals surface area contributed by atoms with Crippen molar-refractivity contribution in [3.63, 3.8) is 0 Å². The minimum absolute atomic E-state index is 0.0258. The van der Waals surface area contributed by atoms with E-state index in [0.717, 1.165) is 38.2 Å². The van der Waals surface area contributed by atoms with E-state index in [2.05, 4.69) is 10.6 Å². The molecule has 0 bridgehead atoms. The standard InChI is InChI=1S/C20H31N3O3S/c1-21-13-16-7-6-11-23(14-16)20(25)18(10-12-27-2)22-19(24)15-26-17-8-4-3-5-9-17/h3-5,8-9,16,18,21H,6-7,10-15H2,1-2H3,(H,22,24). The second-order valence-corrected chi connectivity index (χ2v) is 7.84. The predicted molar refractivity (Wildman–Crippen MR) is 110 cm³/mol. The summed E-state index contributed by atoms with van der Waals surface area (Å²) in [4.78, 5) is 27.2. The molecule has 0 saturated carbocycles. The first-order valence-electron chi connectivity index (χ1n) is 9.53. The van der Waals surface area contributed by atoms with Crippen LogP contribution in [0.25, 0.3) is 0 Å². The maximum Gasteiger partial charge on any atom is 0.258 e. The molecular weight excluding hydrogens is 362 g/mol. The zero-order valence-corrected chi connectivity index (χ0v) is 17.1. The Balaban J connectivity index is 1.90. The summed E-state index contributed by atoms with van der Waals surface area (Å²) < 4.78 is 5.50. The molecular formula is C20H31N3O3S. The van der Waals surface area contributed by atoms with Crippen LogP contribution >= 0.6 is 11.8 Å². The number of rotatable bonds is 10. The lowest BCUT2D eigenvalue weighted by Crippen LogP contribution is -2.53. The van der Waals surface area contributed by atoms with E-state index >= 15 is 0 Å². The number of nitrogens with one attached hydrogen (secondary N) is 2. The number of hydrogen-bond acceptors (Lipinski definition) is 5. The maximum atomic E-state index is 13.0. The third kappa shape index (κ3) is 7.42. The molecule has 1 aliphatic heterocycles. The van der Waals surface area contributed by atoms with Crippen LogP contribution in [0.3, 0.4) is 0 Å². The van der Waals surface area contributed by atoms with E-state index in [1.165, 1.54) is 0 Å². The molecule has 1 fully saturated rings. The zero-order valence-electron chi connectivity index (χ0n) is 16.3. The lowest BCUT2D eigenvalue weighted by molar-refractivity contribution is -0.138. The quantitative estimate of drug-likeness (QED) is 0.634. The lowest BCUT2D eigenvalue weighted by Gasteiger charge is -2.35. The molecule has 1 aromatic rings. The van der Waals surface area contributed by atoms with Crippen LogP contribution in [0, 0.1) is 5.92 Å². The number of carbonyl (C=O) groups excluding carboxylic acids is 2. The van der Waals surface area contributed by atoms with Crippen molar-refractivity contribution in [1.82, 2.24) is 15.5 Å². The Morgan fingerprint density at radius 3 is 2.81 bits per heavy atom. The summed E-state index contributed by atoms with van der Waals surface area (Å²) in [6, 6.07) is 8.73. The van der Waals surface area contributed by atoms with Crippen LogP contribution in [0.2, 0.25) is 0 Å². The van der Waals surface area contributed by atoms with Crippen LogP contribution in [-0.2, 0) is 9.59 Å². The van der Waals surface area contributed by atoms with Crippen molar-refractivity contribution in [2.75, 3.05) is 45.3 Å². The van der Waals surface area contributed by atoms with Gasteiger partial charge in [-0.25, -0.2) is 0 Å². The van der Waals surface area contributed by atoms with Crippen LogP contribution < -0.4 is 15.4 Å². The molecule has 1 aliphatic rings. The highest BCUT2D eigenvalue weighted by Gasteiger charge is 2.29. The van der Waals surface area contributed by atoms with E-state index in [1.54, 1.807) is 23.9 Å². The molecule has 7 heteroatoms. The lowest BCUT2D eigenvalue weighted by atomic mass is 9.97. The van der Waals surface area contributed by atoms with Crippen LogP contribution in [0.5, 0.6) is 5.75 Å². The Labute approximate surface area is 166 Å². The molecule has 1 saturated heterocycles. The molecule has 0 radical (unpaired) electrons. The van der Waals surface area contributed by atoms with Gasteiger partial charge in [-0.1, -0.05) is 18.2 Å². The Morgan fingerprint density at radius 2 is 2.11 bits per heavy atom. The molecule has 1 heterocycles. The highest BCUT2D eigenvalue weighted by Crippen LogP contribution is 2.17. The van der Waals surface area contributed by atoms with E-state index in [4.69, 9.17) is 4.74 Å². The molecule has 2 N–H and O–H groups in total. The Bertz CT molecular complexity index is 583. The third-order valence-electron chi connectivity index (χ3n) is 4.68.